The number of halogens is 1. The van der Waals surface area contributed by atoms with Crippen LogP contribution in [0.25, 0.3) is 0 Å². The van der Waals surface area contributed by atoms with Gasteiger partial charge in [-0.1, -0.05) is 32.4 Å². The Kier molecular flexibility index (Phi) is 5.84. The van der Waals surface area contributed by atoms with Gasteiger partial charge in [-0.2, -0.15) is 0 Å². The minimum absolute atomic E-state index is 0.0345. The molecule has 1 amide bonds. The molecule has 0 aliphatic heterocycles. The molecule has 5 heteroatoms. The summed E-state index contributed by atoms with van der Waals surface area (Å²) in [5.74, 6) is -0.137. The Morgan fingerprint density at radius 2 is 2.10 bits per heavy atom. The lowest BCUT2D eigenvalue weighted by Gasteiger charge is -2.32. The maximum atomic E-state index is 12.6. The quantitative estimate of drug-likeness (QED) is 0.848. The third-order valence-corrected chi connectivity index (χ3v) is 3.46. The van der Waals surface area contributed by atoms with Crippen LogP contribution in [0.4, 0.5) is 0 Å². The van der Waals surface area contributed by atoms with Crippen LogP contribution in [-0.4, -0.2) is 35.5 Å². The molecule has 0 heterocycles. The number of hydrogen-bond donors (Lipinski definition) is 2. The fraction of sp³-hybridized carbons (Fsp3) is 0.533. The highest BCUT2D eigenvalue weighted by Gasteiger charge is 2.25. The minimum Gasteiger partial charge on any atom is -0.508 e. The molecule has 0 spiro atoms. The van der Waals surface area contributed by atoms with Gasteiger partial charge < -0.3 is 15.7 Å². The monoisotopic (exact) mass is 298 g/mol. The molecular formula is C15H23ClN2O2. The van der Waals surface area contributed by atoms with Gasteiger partial charge in [0.1, 0.15) is 5.75 Å². The number of nitrogens with two attached hydrogens (primary N) is 1. The van der Waals surface area contributed by atoms with Gasteiger partial charge in [0.25, 0.3) is 5.91 Å². The molecule has 4 nitrogen and oxygen atoms in total. The number of amides is 1. The number of aromatic hydroxyl groups is 1. The van der Waals surface area contributed by atoms with Gasteiger partial charge in [0.15, 0.2) is 0 Å². The first-order chi connectivity index (χ1) is 9.30. The predicted octanol–water partition coefficient (Wildman–Crippen LogP) is 2.88. The fourth-order valence-electron chi connectivity index (χ4n) is 1.95. The van der Waals surface area contributed by atoms with E-state index in [4.69, 9.17) is 17.3 Å². The van der Waals surface area contributed by atoms with Crippen LogP contribution in [0.2, 0.25) is 5.02 Å². The topological polar surface area (TPSA) is 66.6 Å². The molecule has 3 N–H and O–H groups in total. The highest BCUT2D eigenvalue weighted by atomic mass is 35.5. The smallest absolute Gasteiger partial charge is 0.255 e. The van der Waals surface area contributed by atoms with Crippen molar-refractivity contribution in [3.8, 4) is 5.75 Å². The zero-order valence-electron chi connectivity index (χ0n) is 12.3. The second kappa shape index (κ2) is 6.95. The Morgan fingerprint density at radius 1 is 1.45 bits per heavy atom. The number of carbonyl (C=O) groups excluding carboxylic acids is 1. The average Bonchev–Trinajstić information content (AvgIpc) is 2.40. The van der Waals surface area contributed by atoms with E-state index in [2.05, 4.69) is 0 Å². The standard InChI is InChI=1S/C15H23ClN2O2/c1-4-7-18(10-15(2,3)9-17)14(20)12-8-11(19)5-6-13(12)16/h5-6,8,19H,4,7,9-10,17H2,1-3H3. The van der Waals surface area contributed by atoms with E-state index in [1.165, 1.54) is 18.2 Å². The van der Waals surface area contributed by atoms with Crippen LogP contribution in [0.3, 0.4) is 0 Å². The van der Waals surface area contributed by atoms with Crippen molar-refractivity contribution in [2.24, 2.45) is 11.1 Å². The van der Waals surface area contributed by atoms with Crippen LogP contribution in [0, 0.1) is 5.41 Å². The summed E-state index contributed by atoms with van der Waals surface area (Å²) in [6.45, 7) is 7.74. The predicted molar refractivity (Wildman–Crippen MR) is 82.1 cm³/mol. The summed E-state index contributed by atoms with van der Waals surface area (Å²) >= 11 is 6.06. The van der Waals surface area contributed by atoms with Crippen LogP contribution in [0.1, 0.15) is 37.6 Å². The second-order valence-electron chi connectivity index (χ2n) is 5.76. The van der Waals surface area contributed by atoms with Crippen LogP contribution >= 0.6 is 11.6 Å². The number of phenolic OH excluding ortho intramolecular Hbond substituents is 1. The van der Waals surface area contributed by atoms with Crippen molar-refractivity contribution < 1.29 is 9.90 Å². The molecule has 0 aliphatic carbocycles. The number of nitrogens with zero attached hydrogens (tertiary/aromatic N) is 1. The van der Waals surface area contributed by atoms with Gasteiger partial charge in [0, 0.05) is 13.1 Å². The molecule has 0 saturated carbocycles. The van der Waals surface area contributed by atoms with Crippen molar-refractivity contribution in [2.75, 3.05) is 19.6 Å². The van der Waals surface area contributed by atoms with Gasteiger partial charge in [-0.05, 0) is 36.6 Å². The van der Waals surface area contributed by atoms with Crippen molar-refractivity contribution in [2.45, 2.75) is 27.2 Å². The van der Waals surface area contributed by atoms with Crippen molar-refractivity contribution in [1.82, 2.24) is 4.90 Å². The largest absolute Gasteiger partial charge is 0.508 e. The number of phenols is 1. The molecule has 0 saturated heterocycles. The molecule has 0 atom stereocenters. The molecule has 0 radical (unpaired) electrons. The minimum atomic E-state index is -0.172. The van der Waals surface area contributed by atoms with E-state index in [9.17, 15) is 9.90 Å². The molecule has 1 aromatic carbocycles. The summed E-state index contributed by atoms with van der Waals surface area (Å²) in [5.41, 5.74) is 5.91. The molecule has 0 unspecified atom stereocenters. The Balaban J connectivity index is 3.02. The van der Waals surface area contributed by atoms with E-state index >= 15 is 0 Å². The molecule has 20 heavy (non-hydrogen) atoms. The van der Waals surface area contributed by atoms with Crippen molar-refractivity contribution in [1.29, 1.82) is 0 Å². The summed E-state index contributed by atoms with van der Waals surface area (Å²) in [6.07, 6.45) is 0.850. The van der Waals surface area contributed by atoms with Crippen LogP contribution in [-0.2, 0) is 0 Å². The zero-order chi connectivity index (χ0) is 15.3. The summed E-state index contributed by atoms with van der Waals surface area (Å²) in [7, 11) is 0. The first kappa shape index (κ1) is 16.8. The lowest BCUT2D eigenvalue weighted by Crippen LogP contribution is -2.42. The molecular weight excluding hydrogens is 276 g/mol. The van der Waals surface area contributed by atoms with Crippen LogP contribution < -0.4 is 5.73 Å². The summed E-state index contributed by atoms with van der Waals surface area (Å²) in [6, 6.07) is 4.40. The van der Waals surface area contributed by atoms with Gasteiger partial charge in [0.05, 0.1) is 10.6 Å². The molecule has 0 aliphatic rings. The lowest BCUT2D eigenvalue weighted by atomic mass is 9.92. The van der Waals surface area contributed by atoms with Crippen LogP contribution in [0.15, 0.2) is 18.2 Å². The maximum absolute atomic E-state index is 12.6. The molecule has 112 valence electrons. The fourth-order valence-corrected chi connectivity index (χ4v) is 2.15. The van der Waals surface area contributed by atoms with Gasteiger partial charge in [-0.15, -0.1) is 0 Å². The lowest BCUT2D eigenvalue weighted by molar-refractivity contribution is 0.0689. The summed E-state index contributed by atoms with van der Waals surface area (Å²) in [5, 5.41) is 9.87. The van der Waals surface area contributed by atoms with Crippen LogP contribution in [0.5, 0.6) is 5.75 Å². The highest BCUT2D eigenvalue weighted by molar-refractivity contribution is 6.33. The first-order valence-electron chi connectivity index (χ1n) is 6.78. The molecule has 0 aromatic heterocycles. The normalized spacial score (nSPS) is 11.4. The Morgan fingerprint density at radius 3 is 2.65 bits per heavy atom. The Hall–Kier alpha value is -1.26. The summed E-state index contributed by atoms with van der Waals surface area (Å²) < 4.78 is 0. The van der Waals surface area contributed by atoms with Crippen molar-refractivity contribution in [3.63, 3.8) is 0 Å². The Bertz CT molecular complexity index is 475. The Labute approximate surface area is 125 Å². The van der Waals surface area contributed by atoms with Gasteiger partial charge >= 0.3 is 0 Å². The third-order valence-electron chi connectivity index (χ3n) is 3.13. The number of hydrogen-bond acceptors (Lipinski definition) is 3. The summed E-state index contributed by atoms with van der Waals surface area (Å²) in [4.78, 5) is 14.3. The molecule has 0 bridgehead atoms. The van der Waals surface area contributed by atoms with E-state index < -0.39 is 0 Å². The SMILES string of the molecule is CCCN(CC(C)(C)CN)C(=O)c1cc(O)ccc1Cl. The van der Waals surface area contributed by atoms with E-state index in [-0.39, 0.29) is 17.1 Å². The molecule has 1 aromatic rings. The van der Waals surface area contributed by atoms with Crippen molar-refractivity contribution in [3.05, 3.63) is 28.8 Å². The average molecular weight is 299 g/mol. The number of rotatable bonds is 6. The highest BCUT2D eigenvalue weighted by Crippen LogP contribution is 2.24. The van der Waals surface area contributed by atoms with E-state index in [1.54, 1.807) is 4.90 Å². The van der Waals surface area contributed by atoms with Gasteiger partial charge in [-0.25, -0.2) is 0 Å². The van der Waals surface area contributed by atoms with Gasteiger partial charge in [0.2, 0.25) is 0 Å². The van der Waals surface area contributed by atoms with Gasteiger partial charge in [-0.3, -0.25) is 4.79 Å². The first-order valence-corrected chi connectivity index (χ1v) is 7.16. The number of benzene rings is 1. The number of carbonyl (C=O) groups is 1. The van der Waals surface area contributed by atoms with E-state index in [0.717, 1.165) is 6.42 Å². The van der Waals surface area contributed by atoms with E-state index in [1.807, 2.05) is 20.8 Å². The molecule has 0 fully saturated rings. The van der Waals surface area contributed by atoms with Crippen molar-refractivity contribution >= 4 is 17.5 Å². The van der Waals surface area contributed by atoms with E-state index in [0.29, 0.717) is 30.2 Å². The molecule has 1 rings (SSSR count). The third kappa shape index (κ3) is 4.39. The second-order valence-corrected chi connectivity index (χ2v) is 6.17. The maximum Gasteiger partial charge on any atom is 0.255 e. The zero-order valence-corrected chi connectivity index (χ0v) is 13.1.